The first-order valence-corrected chi connectivity index (χ1v) is 14.0. The summed E-state index contributed by atoms with van der Waals surface area (Å²) in [6, 6.07) is 10.4. The quantitative estimate of drug-likeness (QED) is 0.370. The van der Waals surface area contributed by atoms with E-state index in [0.29, 0.717) is 18.8 Å². The van der Waals surface area contributed by atoms with Gasteiger partial charge in [-0.1, -0.05) is 95.2 Å². The van der Waals surface area contributed by atoms with Gasteiger partial charge in [-0.15, -0.1) is 0 Å². The molecule has 4 heteroatoms. The maximum Gasteiger partial charge on any atom is 0.197 e. The number of hydrogen-bond acceptors (Lipinski definition) is 4. The summed E-state index contributed by atoms with van der Waals surface area (Å²) in [7, 11) is 0. The molecule has 0 fully saturated rings. The fourth-order valence-electron chi connectivity index (χ4n) is 4.04. The van der Waals surface area contributed by atoms with Gasteiger partial charge in [0.2, 0.25) is 0 Å². The van der Waals surface area contributed by atoms with Gasteiger partial charge in [0, 0.05) is 12.0 Å². The molecule has 1 heterocycles. The number of phenols is 1. The van der Waals surface area contributed by atoms with Gasteiger partial charge >= 0.3 is 0 Å². The standard InChI is InChI=1S/C20H31NO2.C14H22O/c1-13(2)22-10-9-17-21-16-12-14(19(3,4)5)11-15(18(16)23-17)20(6,7)8;1-13(2,3)10-7-11(14(4,5)6)9-12(15)8-10/h11-13H,9-10H2,1-8H3;7-9,15H,1-6H3. The molecule has 1 aromatic heterocycles. The first-order chi connectivity index (χ1) is 17.1. The highest BCUT2D eigenvalue weighted by Crippen LogP contribution is 2.36. The van der Waals surface area contributed by atoms with Crippen molar-refractivity contribution in [3.63, 3.8) is 0 Å². The highest BCUT2D eigenvalue weighted by atomic mass is 16.5. The van der Waals surface area contributed by atoms with Gasteiger partial charge in [0.15, 0.2) is 11.5 Å². The zero-order valence-electron chi connectivity index (χ0n) is 26.6. The third-order valence-corrected chi connectivity index (χ3v) is 6.63. The SMILES string of the molecule is CC(C)(C)c1cc(O)cc(C(C)(C)C)c1.CC(C)OCCc1nc2cc(C(C)(C)C)cc(C(C)(C)C)c2o1. The molecule has 212 valence electrons. The number of rotatable bonds is 4. The molecule has 3 rings (SSSR count). The number of hydrogen-bond donors (Lipinski definition) is 1. The molecule has 0 unspecified atom stereocenters. The van der Waals surface area contributed by atoms with Crippen molar-refractivity contribution in [2.75, 3.05) is 6.61 Å². The highest BCUT2D eigenvalue weighted by Gasteiger charge is 2.25. The molecule has 0 aliphatic heterocycles. The molecule has 0 bridgehead atoms. The maximum atomic E-state index is 9.72. The van der Waals surface area contributed by atoms with Crippen LogP contribution in [-0.4, -0.2) is 22.8 Å². The van der Waals surface area contributed by atoms with Crippen molar-refractivity contribution in [2.45, 2.75) is 131 Å². The Hall–Kier alpha value is -2.33. The van der Waals surface area contributed by atoms with E-state index >= 15 is 0 Å². The van der Waals surface area contributed by atoms with E-state index in [1.54, 1.807) is 0 Å². The van der Waals surface area contributed by atoms with E-state index in [0.717, 1.165) is 17.0 Å². The van der Waals surface area contributed by atoms with Crippen molar-refractivity contribution >= 4 is 11.1 Å². The van der Waals surface area contributed by atoms with E-state index in [-0.39, 0.29) is 27.8 Å². The summed E-state index contributed by atoms with van der Waals surface area (Å²) in [5, 5.41) is 9.72. The van der Waals surface area contributed by atoms with E-state index in [2.05, 4.69) is 101 Å². The maximum absolute atomic E-state index is 9.72. The number of nitrogens with zero attached hydrogens (tertiary/aromatic N) is 1. The van der Waals surface area contributed by atoms with E-state index in [1.807, 2.05) is 26.0 Å². The van der Waals surface area contributed by atoms with Crippen molar-refractivity contribution < 1.29 is 14.3 Å². The van der Waals surface area contributed by atoms with Crippen molar-refractivity contribution in [1.29, 1.82) is 0 Å². The van der Waals surface area contributed by atoms with Crippen LogP contribution in [0.15, 0.2) is 34.7 Å². The van der Waals surface area contributed by atoms with Crippen LogP contribution in [0, 0.1) is 0 Å². The second-order valence-electron chi connectivity index (χ2n) is 14.9. The van der Waals surface area contributed by atoms with Crippen molar-refractivity contribution in [2.24, 2.45) is 0 Å². The predicted octanol–water partition coefficient (Wildman–Crippen LogP) is 9.38. The molecule has 0 saturated heterocycles. The van der Waals surface area contributed by atoms with Crippen LogP contribution < -0.4 is 0 Å². The fourth-order valence-corrected chi connectivity index (χ4v) is 4.04. The minimum Gasteiger partial charge on any atom is -0.508 e. The summed E-state index contributed by atoms with van der Waals surface area (Å²) in [6.07, 6.45) is 0.943. The Morgan fingerprint density at radius 3 is 1.61 bits per heavy atom. The molecule has 38 heavy (non-hydrogen) atoms. The molecule has 0 spiro atoms. The monoisotopic (exact) mass is 523 g/mol. The molecule has 0 atom stereocenters. The van der Waals surface area contributed by atoms with Crippen molar-refractivity contribution in [3.05, 3.63) is 58.5 Å². The predicted molar refractivity (Wildman–Crippen MR) is 162 cm³/mol. The van der Waals surface area contributed by atoms with Gasteiger partial charge in [-0.2, -0.15) is 0 Å². The normalized spacial score (nSPS) is 13.1. The van der Waals surface area contributed by atoms with Crippen LogP contribution in [0.3, 0.4) is 0 Å². The molecular weight excluding hydrogens is 470 g/mol. The summed E-state index contributed by atoms with van der Waals surface area (Å²) in [4.78, 5) is 4.71. The van der Waals surface area contributed by atoms with Crippen molar-refractivity contribution in [1.82, 2.24) is 4.98 Å². The van der Waals surface area contributed by atoms with Crippen LogP contribution in [-0.2, 0) is 32.8 Å². The second kappa shape index (κ2) is 11.4. The van der Waals surface area contributed by atoms with Crippen LogP contribution in [0.4, 0.5) is 0 Å². The molecule has 0 aliphatic rings. The molecule has 0 amide bonds. The lowest BCUT2D eigenvalue weighted by Gasteiger charge is -2.25. The van der Waals surface area contributed by atoms with E-state index < -0.39 is 0 Å². The van der Waals surface area contributed by atoms with Crippen LogP contribution >= 0.6 is 0 Å². The summed E-state index contributed by atoms with van der Waals surface area (Å²) < 4.78 is 11.7. The molecular formula is C34H53NO3. The van der Waals surface area contributed by atoms with Crippen LogP contribution in [0.2, 0.25) is 0 Å². The number of aromatic hydroxyl groups is 1. The Labute approximate surface area is 232 Å². The molecule has 1 N–H and O–H groups in total. The largest absolute Gasteiger partial charge is 0.508 e. The first kappa shape index (κ1) is 31.9. The van der Waals surface area contributed by atoms with Gasteiger partial charge in [0.1, 0.15) is 11.3 Å². The molecule has 2 aromatic carbocycles. The van der Waals surface area contributed by atoms with E-state index in [1.165, 1.54) is 22.3 Å². The summed E-state index contributed by atoms with van der Waals surface area (Å²) in [6.45, 7) is 31.1. The highest BCUT2D eigenvalue weighted by molar-refractivity contribution is 5.79. The molecule has 0 saturated carbocycles. The smallest absolute Gasteiger partial charge is 0.197 e. The molecule has 0 radical (unpaired) electrons. The number of benzene rings is 2. The average molecular weight is 524 g/mol. The molecule has 4 nitrogen and oxygen atoms in total. The summed E-state index contributed by atoms with van der Waals surface area (Å²) in [5.41, 5.74) is 7.06. The zero-order valence-corrected chi connectivity index (χ0v) is 26.6. The first-order valence-electron chi connectivity index (χ1n) is 14.0. The minimum absolute atomic E-state index is 0.0186. The third-order valence-electron chi connectivity index (χ3n) is 6.63. The van der Waals surface area contributed by atoms with E-state index in [9.17, 15) is 5.11 Å². The number of phenolic OH excluding ortho intramolecular Hbond substituents is 1. The Morgan fingerprint density at radius 2 is 1.18 bits per heavy atom. The topological polar surface area (TPSA) is 55.5 Å². The van der Waals surface area contributed by atoms with Crippen LogP contribution in [0.25, 0.3) is 11.1 Å². The summed E-state index contributed by atoms with van der Waals surface area (Å²) >= 11 is 0. The van der Waals surface area contributed by atoms with Crippen molar-refractivity contribution in [3.8, 4) is 5.75 Å². The summed E-state index contributed by atoms with van der Waals surface area (Å²) in [5.74, 6) is 1.13. The van der Waals surface area contributed by atoms with E-state index in [4.69, 9.17) is 14.1 Å². The Morgan fingerprint density at radius 1 is 0.711 bits per heavy atom. The van der Waals surface area contributed by atoms with Gasteiger partial charge in [0.05, 0.1) is 12.7 Å². The number of oxazole rings is 1. The fraction of sp³-hybridized carbons (Fsp3) is 0.618. The second-order valence-corrected chi connectivity index (χ2v) is 14.9. The van der Waals surface area contributed by atoms with Gasteiger partial charge in [-0.3, -0.25) is 0 Å². The van der Waals surface area contributed by atoms with Crippen LogP contribution in [0.5, 0.6) is 5.75 Å². The Bertz CT molecular complexity index is 1170. The number of fused-ring (bicyclic) bond motifs is 1. The number of aromatic nitrogens is 1. The Kier molecular flexibility index (Phi) is 9.58. The Balaban J connectivity index is 0.000000293. The molecule has 3 aromatic rings. The minimum atomic E-state index is 0.0186. The molecule has 0 aliphatic carbocycles. The van der Waals surface area contributed by atoms with Gasteiger partial charge in [-0.05, 0) is 70.4 Å². The lowest BCUT2D eigenvalue weighted by molar-refractivity contribution is 0.0784. The number of ether oxygens (including phenoxy) is 1. The zero-order chi connectivity index (χ0) is 29.3. The van der Waals surface area contributed by atoms with Gasteiger partial charge < -0.3 is 14.3 Å². The van der Waals surface area contributed by atoms with Crippen LogP contribution in [0.1, 0.15) is 125 Å². The third kappa shape index (κ3) is 8.86. The van der Waals surface area contributed by atoms with Gasteiger partial charge in [0.25, 0.3) is 0 Å². The lowest BCUT2D eigenvalue weighted by atomic mass is 9.80. The van der Waals surface area contributed by atoms with Gasteiger partial charge in [-0.25, -0.2) is 4.98 Å². The lowest BCUT2D eigenvalue weighted by Crippen LogP contribution is -2.16. The average Bonchev–Trinajstić information content (AvgIpc) is 3.12.